The zero-order chi connectivity index (χ0) is 23.0. The van der Waals surface area contributed by atoms with Gasteiger partial charge in [-0.2, -0.15) is 0 Å². The summed E-state index contributed by atoms with van der Waals surface area (Å²) in [6, 6.07) is 9.19. The van der Waals surface area contributed by atoms with Crippen LogP contribution in [0.25, 0.3) is 5.76 Å². The second kappa shape index (κ2) is 8.67. The highest BCUT2D eigenvalue weighted by Gasteiger charge is 2.47. The van der Waals surface area contributed by atoms with Crippen molar-refractivity contribution in [1.29, 1.82) is 0 Å². The number of amides is 1. The Morgan fingerprint density at radius 1 is 1.22 bits per heavy atom. The number of hydrogen-bond acceptors (Lipinski definition) is 6. The normalized spacial score (nSPS) is 22.5. The number of methoxy groups -OCH3 is 1. The molecule has 0 saturated carbocycles. The van der Waals surface area contributed by atoms with Gasteiger partial charge in [0.05, 0.1) is 30.4 Å². The lowest BCUT2D eigenvalue weighted by molar-refractivity contribution is -0.140. The first-order valence-corrected chi connectivity index (χ1v) is 10.7. The second-order valence-corrected chi connectivity index (χ2v) is 8.34. The summed E-state index contributed by atoms with van der Waals surface area (Å²) >= 11 is 0. The fourth-order valence-electron chi connectivity index (χ4n) is 4.66. The third-order valence-electron chi connectivity index (χ3n) is 6.03. The standard InChI is InChI=1S/C25H27NO6/c1-14-10-15(2)24(31-3)19(11-14)22(28)20-21(16-6-4-7-17(27)12-16)26(25(30)23(20)29)13-18-8-5-9-32-18/h4,6-7,10-12,18,21,27-28H,5,8-9,13H2,1-3H3/b22-20+. The predicted molar refractivity (Wildman–Crippen MR) is 119 cm³/mol. The molecule has 2 heterocycles. The van der Waals surface area contributed by atoms with Crippen molar-refractivity contribution in [2.75, 3.05) is 20.3 Å². The average molecular weight is 437 g/mol. The zero-order valence-electron chi connectivity index (χ0n) is 18.4. The van der Waals surface area contributed by atoms with E-state index in [0.29, 0.717) is 23.5 Å². The first kappa shape index (κ1) is 21.9. The van der Waals surface area contributed by atoms with Gasteiger partial charge in [-0.1, -0.05) is 18.2 Å². The number of benzene rings is 2. The lowest BCUT2D eigenvalue weighted by Gasteiger charge is -2.27. The molecule has 2 saturated heterocycles. The monoisotopic (exact) mass is 437 g/mol. The highest BCUT2D eigenvalue weighted by molar-refractivity contribution is 6.46. The van der Waals surface area contributed by atoms with Gasteiger partial charge in [0.15, 0.2) is 0 Å². The van der Waals surface area contributed by atoms with Crippen LogP contribution in [0.2, 0.25) is 0 Å². The Labute approximate surface area is 186 Å². The number of carbonyl (C=O) groups excluding carboxylic acids is 2. The maximum absolute atomic E-state index is 13.2. The van der Waals surface area contributed by atoms with Gasteiger partial charge in [0.1, 0.15) is 17.3 Å². The first-order valence-electron chi connectivity index (χ1n) is 10.7. The Bertz CT molecular complexity index is 1100. The Hall–Kier alpha value is -3.32. The van der Waals surface area contributed by atoms with E-state index in [9.17, 15) is 19.8 Å². The average Bonchev–Trinajstić information content (AvgIpc) is 3.35. The number of likely N-dealkylation sites (tertiary alicyclic amines) is 1. The highest BCUT2D eigenvalue weighted by Crippen LogP contribution is 2.42. The second-order valence-electron chi connectivity index (χ2n) is 8.34. The molecule has 2 aliphatic rings. The van der Waals surface area contributed by atoms with Gasteiger partial charge in [0.25, 0.3) is 11.7 Å². The first-order chi connectivity index (χ1) is 15.3. The smallest absolute Gasteiger partial charge is 0.295 e. The Morgan fingerprint density at radius 2 is 2.00 bits per heavy atom. The number of aromatic hydroxyl groups is 1. The number of hydrogen-bond donors (Lipinski definition) is 2. The molecule has 1 amide bonds. The van der Waals surface area contributed by atoms with Crippen molar-refractivity contribution in [3.05, 3.63) is 64.2 Å². The van der Waals surface area contributed by atoms with Gasteiger partial charge in [-0.15, -0.1) is 0 Å². The molecule has 32 heavy (non-hydrogen) atoms. The van der Waals surface area contributed by atoms with Crippen LogP contribution in [0.15, 0.2) is 42.0 Å². The summed E-state index contributed by atoms with van der Waals surface area (Å²) in [4.78, 5) is 27.7. The van der Waals surface area contributed by atoms with Crippen LogP contribution in [0.5, 0.6) is 11.5 Å². The molecular weight excluding hydrogens is 410 g/mol. The molecule has 168 valence electrons. The molecule has 2 aromatic carbocycles. The quantitative estimate of drug-likeness (QED) is 0.421. The minimum Gasteiger partial charge on any atom is -0.508 e. The van der Waals surface area contributed by atoms with Crippen molar-refractivity contribution in [2.24, 2.45) is 0 Å². The van der Waals surface area contributed by atoms with E-state index in [-0.39, 0.29) is 29.7 Å². The van der Waals surface area contributed by atoms with Crippen LogP contribution in [-0.2, 0) is 14.3 Å². The largest absolute Gasteiger partial charge is 0.508 e. The molecule has 2 atom stereocenters. The summed E-state index contributed by atoms with van der Waals surface area (Å²) in [5.74, 6) is -1.31. The molecule has 7 heteroatoms. The van der Waals surface area contributed by atoms with Crippen LogP contribution in [0, 0.1) is 13.8 Å². The lowest BCUT2D eigenvalue weighted by atomic mass is 9.93. The van der Waals surface area contributed by atoms with Gasteiger partial charge in [0.2, 0.25) is 0 Å². The Morgan fingerprint density at radius 3 is 2.66 bits per heavy atom. The number of nitrogens with zero attached hydrogens (tertiary/aromatic N) is 1. The van der Waals surface area contributed by atoms with E-state index in [0.717, 1.165) is 24.0 Å². The molecular formula is C25H27NO6. The van der Waals surface area contributed by atoms with Gasteiger partial charge in [-0.3, -0.25) is 9.59 Å². The number of phenolic OH excluding ortho intramolecular Hbond substituents is 1. The SMILES string of the molecule is COc1c(C)cc(C)cc1/C(O)=C1\C(=O)C(=O)N(CC2CCCO2)C1c1cccc(O)c1. The Balaban J connectivity index is 1.90. The molecule has 2 N–H and O–H groups in total. The molecule has 0 aromatic heterocycles. The minimum atomic E-state index is -0.850. The molecule has 2 unspecified atom stereocenters. The van der Waals surface area contributed by atoms with Crippen LogP contribution in [0.3, 0.4) is 0 Å². The molecule has 7 nitrogen and oxygen atoms in total. The molecule has 2 fully saturated rings. The van der Waals surface area contributed by atoms with Crippen LogP contribution < -0.4 is 4.74 Å². The molecule has 0 radical (unpaired) electrons. The summed E-state index contributed by atoms with van der Waals surface area (Å²) < 4.78 is 11.2. The molecule has 4 rings (SSSR count). The maximum atomic E-state index is 13.2. The molecule has 0 bridgehead atoms. The van der Waals surface area contributed by atoms with Crippen molar-refractivity contribution >= 4 is 17.4 Å². The van der Waals surface area contributed by atoms with E-state index in [1.807, 2.05) is 19.9 Å². The summed E-state index contributed by atoms with van der Waals surface area (Å²) in [7, 11) is 1.50. The molecule has 0 spiro atoms. The van der Waals surface area contributed by atoms with Crippen LogP contribution in [-0.4, -0.2) is 53.2 Å². The van der Waals surface area contributed by atoms with E-state index >= 15 is 0 Å². The van der Waals surface area contributed by atoms with Crippen LogP contribution in [0.1, 0.15) is 41.1 Å². The van der Waals surface area contributed by atoms with Crippen molar-refractivity contribution in [1.82, 2.24) is 4.90 Å². The van der Waals surface area contributed by atoms with Gasteiger partial charge < -0.3 is 24.6 Å². The highest BCUT2D eigenvalue weighted by atomic mass is 16.5. The molecule has 2 aromatic rings. The van der Waals surface area contributed by atoms with Gasteiger partial charge >= 0.3 is 0 Å². The zero-order valence-corrected chi connectivity index (χ0v) is 18.4. The van der Waals surface area contributed by atoms with E-state index in [1.54, 1.807) is 18.2 Å². The van der Waals surface area contributed by atoms with Crippen molar-refractivity contribution < 1.29 is 29.3 Å². The number of Topliss-reactive ketones (excluding diaryl/α,β-unsaturated/α-hetero) is 1. The van der Waals surface area contributed by atoms with Gasteiger partial charge in [-0.05, 0) is 61.6 Å². The summed E-state index contributed by atoms with van der Waals surface area (Å²) in [6.45, 7) is 4.58. The third kappa shape index (κ3) is 3.84. The number of carbonyl (C=O) groups is 2. The summed E-state index contributed by atoms with van der Waals surface area (Å²) in [5.41, 5.74) is 2.54. The van der Waals surface area contributed by atoms with Gasteiger partial charge in [0, 0.05) is 13.2 Å². The maximum Gasteiger partial charge on any atom is 0.295 e. The fourth-order valence-corrected chi connectivity index (χ4v) is 4.66. The van der Waals surface area contributed by atoms with E-state index in [2.05, 4.69) is 0 Å². The minimum absolute atomic E-state index is 0.00850. The molecule has 0 aliphatic carbocycles. The van der Waals surface area contributed by atoms with E-state index in [1.165, 1.54) is 24.1 Å². The predicted octanol–water partition coefficient (Wildman–Crippen LogP) is 3.62. The number of aryl methyl sites for hydroxylation is 2. The van der Waals surface area contributed by atoms with Crippen LogP contribution >= 0.6 is 0 Å². The number of rotatable bonds is 5. The topological polar surface area (TPSA) is 96.3 Å². The molecule has 2 aliphatic heterocycles. The summed E-state index contributed by atoms with van der Waals surface area (Å²) in [5, 5.41) is 21.4. The van der Waals surface area contributed by atoms with E-state index in [4.69, 9.17) is 9.47 Å². The Kier molecular flexibility index (Phi) is 5.93. The van der Waals surface area contributed by atoms with Crippen molar-refractivity contribution in [2.45, 2.75) is 38.8 Å². The van der Waals surface area contributed by atoms with Crippen molar-refractivity contribution in [3.8, 4) is 11.5 Å². The van der Waals surface area contributed by atoms with Crippen LogP contribution in [0.4, 0.5) is 0 Å². The van der Waals surface area contributed by atoms with Crippen molar-refractivity contribution in [3.63, 3.8) is 0 Å². The summed E-state index contributed by atoms with van der Waals surface area (Å²) in [6.07, 6.45) is 1.51. The number of ketones is 1. The fraction of sp³-hybridized carbons (Fsp3) is 0.360. The number of ether oxygens (including phenoxy) is 2. The van der Waals surface area contributed by atoms with Gasteiger partial charge in [-0.25, -0.2) is 0 Å². The third-order valence-corrected chi connectivity index (χ3v) is 6.03. The lowest BCUT2D eigenvalue weighted by Crippen LogP contribution is -2.36. The van der Waals surface area contributed by atoms with E-state index < -0.39 is 17.7 Å². The number of phenols is 1. The number of aliphatic hydroxyl groups excluding tert-OH is 1. The number of aliphatic hydroxyl groups is 1.